The summed E-state index contributed by atoms with van der Waals surface area (Å²) >= 11 is 0. The first-order valence-electron chi connectivity index (χ1n) is 11.0. The van der Waals surface area contributed by atoms with Gasteiger partial charge in [0.25, 0.3) is 0 Å². The first kappa shape index (κ1) is 23.0. The molecule has 1 fully saturated rings. The summed E-state index contributed by atoms with van der Waals surface area (Å²) in [7, 11) is 1.70. The maximum absolute atomic E-state index is 5.53. The molecule has 0 saturated carbocycles. The summed E-state index contributed by atoms with van der Waals surface area (Å²) < 4.78 is 11.0. The zero-order valence-corrected chi connectivity index (χ0v) is 19.2. The molecule has 0 bridgehead atoms. The van der Waals surface area contributed by atoms with Crippen molar-refractivity contribution in [2.75, 3.05) is 40.0 Å². The molecular weight excluding hydrogens is 390 g/mol. The third-order valence-corrected chi connectivity index (χ3v) is 5.54. The van der Waals surface area contributed by atoms with E-state index in [-0.39, 0.29) is 0 Å². The summed E-state index contributed by atoms with van der Waals surface area (Å²) in [5, 5.41) is 6.75. The highest BCUT2D eigenvalue weighted by molar-refractivity contribution is 5.79. The van der Waals surface area contributed by atoms with E-state index in [0.717, 1.165) is 67.9 Å². The van der Waals surface area contributed by atoms with Crippen molar-refractivity contribution in [2.45, 2.75) is 40.4 Å². The standard InChI is InChI=1S/C24H35N5O2/c1-5-25-24(28-16-22-19(3)23(30-4)18(2)14-26-22)27-15-20-8-6-7-9-21(20)17-29-10-12-31-13-11-29/h6-9,14H,5,10-13,15-17H2,1-4H3,(H2,25,27,28). The number of methoxy groups -OCH3 is 1. The zero-order chi connectivity index (χ0) is 22.1. The van der Waals surface area contributed by atoms with Gasteiger partial charge in [0, 0.05) is 43.5 Å². The fourth-order valence-corrected chi connectivity index (χ4v) is 3.79. The molecule has 1 aromatic carbocycles. The summed E-state index contributed by atoms with van der Waals surface area (Å²) in [6.07, 6.45) is 1.86. The Morgan fingerprint density at radius 3 is 2.61 bits per heavy atom. The molecule has 1 aromatic heterocycles. The van der Waals surface area contributed by atoms with Gasteiger partial charge in [-0.25, -0.2) is 4.99 Å². The van der Waals surface area contributed by atoms with Crippen molar-refractivity contribution in [3.05, 3.63) is 58.4 Å². The summed E-state index contributed by atoms with van der Waals surface area (Å²) in [6, 6.07) is 8.55. The van der Waals surface area contributed by atoms with E-state index >= 15 is 0 Å². The van der Waals surface area contributed by atoms with Crippen LogP contribution in [0.4, 0.5) is 0 Å². The van der Waals surface area contributed by atoms with Crippen LogP contribution < -0.4 is 15.4 Å². The summed E-state index contributed by atoms with van der Waals surface area (Å²) in [6.45, 7) is 12.7. The Hall–Kier alpha value is -2.64. The number of nitrogens with one attached hydrogen (secondary N) is 2. The smallest absolute Gasteiger partial charge is 0.191 e. The number of benzene rings is 1. The van der Waals surface area contributed by atoms with E-state index < -0.39 is 0 Å². The number of hydrogen-bond donors (Lipinski definition) is 2. The van der Waals surface area contributed by atoms with E-state index in [4.69, 9.17) is 14.5 Å². The molecule has 1 aliphatic rings. The number of rotatable bonds is 8. The lowest BCUT2D eigenvalue weighted by Crippen LogP contribution is -2.37. The fraction of sp³-hybridized carbons (Fsp3) is 0.500. The van der Waals surface area contributed by atoms with Crippen LogP contribution in [-0.2, 0) is 24.4 Å². The maximum Gasteiger partial charge on any atom is 0.191 e. The topological polar surface area (TPSA) is 71.0 Å². The van der Waals surface area contributed by atoms with Crippen molar-refractivity contribution >= 4 is 5.96 Å². The molecule has 2 N–H and O–H groups in total. The second-order valence-electron chi connectivity index (χ2n) is 7.75. The molecule has 2 heterocycles. The number of nitrogens with zero attached hydrogens (tertiary/aromatic N) is 3. The normalized spacial score (nSPS) is 15.0. The molecule has 0 aliphatic carbocycles. The minimum Gasteiger partial charge on any atom is -0.496 e. The summed E-state index contributed by atoms with van der Waals surface area (Å²) in [5.41, 5.74) is 5.63. The van der Waals surface area contributed by atoms with Gasteiger partial charge in [-0.05, 0) is 31.9 Å². The van der Waals surface area contributed by atoms with Gasteiger partial charge in [-0.2, -0.15) is 0 Å². The van der Waals surface area contributed by atoms with Crippen LogP contribution in [0, 0.1) is 13.8 Å². The van der Waals surface area contributed by atoms with Crippen LogP contribution in [0.3, 0.4) is 0 Å². The Morgan fingerprint density at radius 2 is 1.90 bits per heavy atom. The van der Waals surface area contributed by atoms with Crippen molar-refractivity contribution in [2.24, 2.45) is 4.99 Å². The molecule has 0 spiro atoms. The average Bonchev–Trinajstić information content (AvgIpc) is 2.78. The molecule has 168 valence electrons. The fourth-order valence-electron chi connectivity index (χ4n) is 3.79. The van der Waals surface area contributed by atoms with E-state index in [9.17, 15) is 0 Å². The van der Waals surface area contributed by atoms with Crippen LogP contribution in [-0.4, -0.2) is 55.8 Å². The molecule has 1 aliphatic heterocycles. The number of aryl methyl sites for hydroxylation is 1. The Bertz CT molecular complexity index is 878. The maximum atomic E-state index is 5.53. The van der Waals surface area contributed by atoms with Crippen LogP contribution in [0.25, 0.3) is 0 Å². The van der Waals surface area contributed by atoms with E-state index in [1.165, 1.54) is 11.1 Å². The third kappa shape index (κ3) is 6.42. The Morgan fingerprint density at radius 1 is 1.16 bits per heavy atom. The first-order chi connectivity index (χ1) is 15.1. The van der Waals surface area contributed by atoms with Crippen LogP contribution in [0.2, 0.25) is 0 Å². The second-order valence-corrected chi connectivity index (χ2v) is 7.75. The van der Waals surface area contributed by atoms with E-state index in [2.05, 4.69) is 51.7 Å². The van der Waals surface area contributed by atoms with Gasteiger partial charge in [0.1, 0.15) is 5.75 Å². The molecule has 31 heavy (non-hydrogen) atoms. The predicted octanol–water partition coefficient (Wildman–Crippen LogP) is 2.79. The molecule has 0 atom stereocenters. The molecule has 7 heteroatoms. The van der Waals surface area contributed by atoms with Crippen LogP contribution in [0.5, 0.6) is 5.75 Å². The molecule has 2 aromatic rings. The van der Waals surface area contributed by atoms with Gasteiger partial charge >= 0.3 is 0 Å². The second kappa shape index (κ2) is 11.7. The molecule has 7 nitrogen and oxygen atoms in total. The number of pyridine rings is 1. The number of morpholine rings is 1. The molecule has 1 saturated heterocycles. The number of guanidine groups is 1. The third-order valence-electron chi connectivity index (χ3n) is 5.54. The number of ether oxygens (including phenoxy) is 2. The summed E-state index contributed by atoms with van der Waals surface area (Å²) in [5.74, 6) is 1.68. The lowest BCUT2D eigenvalue weighted by molar-refractivity contribution is 0.0341. The van der Waals surface area contributed by atoms with Gasteiger partial charge in [0.05, 0.1) is 39.1 Å². The average molecular weight is 426 g/mol. The van der Waals surface area contributed by atoms with Gasteiger partial charge in [-0.1, -0.05) is 24.3 Å². The van der Waals surface area contributed by atoms with E-state index in [1.807, 2.05) is 20.0 Å². The molecule has 0 amide bonds. The van der Waals surface area contributed by atoms with Crippen molar-refractivity contribution in [3.63, 3.8) is 0 Å². The van der Waals surface area contributed by atoms with Crippen molar-refractivity contribution < 1.29 is 9.47 Å². The van der Waals surface area contributed by atoms with Crippen molar-refractivity contribution in [1.82, 2.24) is 20.5 Å². The Labute approximate surface area is 185 Å². The van der Waals surface area contributed by atoms with Gasteiger partial charge < -0.3 is 20.1 Å². The lowest BCUT2D eigenvalue weighted by atomic mass is 10.1. The Kier molecular flexibility index (Phi) is 8.67. The highest BCUT2D eigenvalue weighted by Gasteiger charge is 2.13. The SMILES string of the molecule is CCNC(=NCc1ccccc1CN1CCOCC1)NCc1ncc(C)c(OC)c1C. The van der Waals surface area contributed by atoms with Gasteiger partial charge in [0.15, 0.2) is 5.96 Å². The molecule has 0 unspecified atom stereocenters. The minimum absolute atomic E-state index is 0.587. The first-order valence-corrected chi connectivity index (χ1v) is 11.0. The van der Waals surface area contributed by atoms with Gasteiger partial charge in [-0.3, -0.25) is 9.88 Å². The van der Waals surface area contributed by atoms with Crippen LogP contribution in [0.15, 0.2) is 35.5 Å². The molecule has 3 rings (SSSR count). The quantitative estimate of drug-likeness (QED) is 0.501. The van der Waals surface area contributed by atoms with Gasteiger partial charge in [0.2, 0.25) is 0 Å². The van der Waals surface area contributed by atoms with Crippen molar-refractivity contribution in [1.29, 1.82) is 0 Å². The van der Waals surface area contributed by atoms with Crippen LogP contribution in [0.1, 0.15) is 34.9 Å². The largest absolute Gasteiger partial charge is 0.496 e. The highest BCUT2D eigenvalue weighted by atomic mass is 16.5. The lowest BCUT2D eigenvalue weighted by Gasteiger charge is -2.27. The zero-order valence-electron chi connectivity index (χ0n) is 19.2. The Balaban J connectivity index is 1.68. The van der Waals surface area contributed by atoms with Crippen LogP contribution >= 0.6 is 0 Å². The number of hydrogen-bond acceptors (Lipinski definition) is 5. The van der Waals surface area contributed by atoms with E-state index in [0.29, 0.717) is 13.1 Å². The van der Waals surface area contributed by atoms with E-state index in [1.54, 1.807) is 7.11 Å². The number of aliphatic imine (C=N–C) groups is 1. The monoisotopic (exact) mass is 425 g/mol. The van der Waals surface area contributed by atoms with Crippen molar-refractivity contribution in [3.8, 4) is 5.75 Å². The highest BCUT2D eigenvalue weighted by Crippen LogP contribution is 2.23. The van der Waals surface area contributed by atoms with Gasteiger partial charge in [-0.15, -0.1) is 0 Å². The summed E-state index contributed by atoms with van der Waals surface area (Å²) in [4.78, 5) is 11.8. The predicted molar refractivity (Wildman–Crippen MR) is 124 cm³/mol. The molecular formula is C24H35N5O2. The molecule has 0 radical (unpaired) electrons. The number of aromatic nitrogens is 1. The minimum atomic E-state index is 0.587.